The van der Waals surface area contributed by atoms with Gasteiger partial charge in [0, 0.05) is 30.6 Å². The molecule has 74 valence electrons. The number of nitro benzene ring substituents is 1. The van der Waals surface area contributed by atoms with Gasteiger partial charge in [0.2, 0.25) is 0 Å². The van der Waals surface area contributed by atoms with Crippen molar-refractivity contribution in [2.75, 3.05) is 11.9 Å². The lowest BCUT2D eigenvalue weighted by Gasteiger charge is -2.18. The molecule has 0 aliphatic carbocycles. The van der Waals surface area contributed by atoms with Crippen LogP contribution in [-0.2, 0) is 0 Å². The van der Waals surface area contributed by atoms with Gasteiger partial charge < -0.3 is 4.90 Å². The molecule has 4 nitrogen and oxygen atoms in total. The molecule has 1 aromatic carbocycles. The number of benzene rings is 1. The molecule has 4 heteroatoms. The zero-order valence-electron chi connectivity index (χ0n) is 8.23. The van der Waals surface area contributed by atoms with Crippen LogP contribution in [0.4, 0.5) is 11.4 Å². The maximum atomic E-state index is 10.4. The summed E-state index contributed by atoms with van der Waals surface area (Å²) >= 11 is 0. The molecule has 14 heavy (non-hydrogen) atoms. The number of hydrogen-bond donors (Lipinski definition) is 0. The molecule has 0 amide bonds. The maximum Gasteiger partial charge on any atom is 0.269 e. The average molecular weight is 192 g/mol. The Balaban J connectivity index is 2.94. The minimum atomic E-state index is -0.412. The zero-order valence-corrected chi connectivity index (χ0v) is 8.23. The molecule has 0 bridgehead atoms. The van der Waals surface area contributed by atoms with Crippen molar-refractivity contribution in [3.8, 4) is 0 Å². The van der Waals surface area contributed by atoms with Gasteiger partial charge in [0.15, 0.2) is 0 Å². The predicted molar refractivity (Wildman–Crippen MR) is 56.3 cm³/mol. The Hall–Kier alpha value is -1.84. The van der Waals surface area contributed by atoms with Crippen molar-refractivity contribution < 1.29 is 4.92 Å². The van der Waals surface area contributed by atoms with Crippen LogP contribution >= 0.6 is 0 Å². The minimum Gasteiger partial charge on any atom is -0.349 e. The molecule has 0 fully saturated rings. The standard InChI is InChI=1S/C10H12N2O2/c1-8(2)11(3)9-4-6-10(7-5-9)12(13)14/h4-7H,1H2,2-3H3. The fourth-order valence-electron chi connectivity index (χ4n) is 1.02. The van der Waals surface area contributed by atoms with Gasteiger partial charge in [0.05, 0.1) is 4.92 Å². The molecular formula is C10H12N2O2. The summed E-state index contributed by atoms with van der Waals surface area (Å²) in [4.78, 5) is 11.8. The fourth-order valence-corrected chi connectivity index (χ4v) is 1.02. The van der Waals surface area contributed by atoms with Gasteiger partial charge in [-0.15, -0.1) is 0 Å². The molecule has 0 radical (unpaired) electrons. The van der Waals surface area contributed by atoms with Crippen LogP contribution in [0.2, 0.25) is 0 Å². The molecule has 1 aromatic rings. The van der Waals surface area contributed by atoms with E-state index in [9.17, 15) is 10.1 Å². The third kappa shape index (κ3) is 2.10. The van der Waals surface area contributed by atoms with Gasteiger partial charge in [-0.3, -0.25) is 10.1 Å². The highest BCUT2D eigenvalue weighted by atomic mass is 16.6. The van der Waals surface area contributed by atoms with Crippen molar-refractivity contribution in [2.45, 2.75) is 6.92 Å². The fraction of sp³-hybridized carbons (Fsp3) is 0.200. The molecule has 0 spiro atoms. The Morgan fingerprint density at radius 1 is 1.43 bits per heavy atom. The van der Waals surface area contributed by atoms with E-state index in [1.165, 1.54) is 12.1 Å². The summed E-state index contributed by atoms with van der Waals surface area (Å²) in [6.45, 7) is 5.66. The summed E-state index contributed by atoms with van der Waals surface area (Å²) in [5.74, 6) is 0. The van der Waals surface area contributed by atoms with Crippen molar-refractivity contribution in [1.82, 2.24) is 0 Å². The van der Waals surface area contributed by atoms with E-state index < -0.39 is 4.92 Å². The Kier molecular flexibility index (Phi) is 2.86. The first-order valence-electron chi connectivity index (χ1n) is 4.16. The summed E-state index contributed by atoms with van der Waals surface area (Å²) in [7, 11) is 1.86. The van der Waals surface area contributed by atoms with Gasteiger partial charge in [0.25, 0.3) is 5.69 Å². The lowest BCUT2D eigenvalue weighted by Crippen LogP contribution is -2.12. The first-order chi connectivity index (χ1) is 6.52. The van der Waals surface area contributed by atoms with Crippen LogP contribution in [0.15, 0.2) is 36.5 Å². The quantitative estimate of drug-likeness (QED) is 0.546. The molecular weight excluding hydrogens is 180 g/mol. The third-order valence-corrected chi connectivity index (χ3v) is 2.02. The zero-order chi connectivity index (χ0) is 10.7. The second-order valence-electron chi connectivity index (χ2n) is 3.07. The van der Waals surface area contributed by atoms with E-state index in [1.807, 2.05) is 18.9 Å². The second kappa shape index (κ2) is 3.91. The van der Waals surface area contributed by atoms with Crippen molar-refractivity contribution in [2.24, 2.45) is 0 Å². The van der Waals surface area contributed by atoms with Crippen LogP contribution in [0.3, 0.4) is 0 Å². The summed E-state index contributed by atoms with van der Waals surface area (Å²) in [5.41, 5.74) is 1.88. The first-order valence-corrected chi connectivity index (χ1v) is 4.16. The molecule has 0 aliphatic rings. The van der Waals surface area contributed by atoms with Crippen LogP contribution in [-0.4, -0.2) is 12.0 Å². The van der Waals surface area contributed by atoms with E-state index in [0.717, 1.165) is 11.4 Å². The highest BCUT2D eigenvalue weighted by Gasteiger charge is 2.06. The van der Waals surface area contributed by atoms with Crippen molar-refractivity contribution >= 4 is 11.4 Å². The number of non-ortho nitro benzene ring substituents is 1. The molecule has 0 N–H and O–H groups in total. The third-order valence-electron chi connectivity index (χ3n) is 2.02. The minimum absolute atomic E-state index is 0.101. The Bertz CT molecular complexity index is 357. The lowest BCUT2D eigenvalue weighted by molar-refractivity contribution is -0.384. The number of nitro groups is 1. The Morgan fingerprint density at radius 3 is 2.29 bits per heavy atom. The predicted octanol–water partition coefficient (Wildman–Crippen LogP) is 2.56. The molecule has 0 aromatic heterocycles. The van der Waals surface area contributed by atoms with Crippen molar-refractivity contribution in [1.29, 1.82) is 0 Å². The summed E-state index contributed by atoms with van der Waals surface area (Å²) in [5, 5.41) is 10.4. The summed E-state index contributed by atoms with van der Waals surface area (Å²) < 4.78 is 0. The van der Waals surface area contributed by atoms with Gasteiger partial charge >= 0.3 is 0 Å². The molecule has 0 saturated heterocycles. The number of nitrogens with zero attached hydrogens (tertiary/aromatic N) is 2. The second-order valence-corrected chi connectivity index (χ2v) is 3.07. The maximum absolute atomic E-state index is 10.4. The number of rotatable bonds is 3. The largest absolute Gasteiger partial charge is 0.349 e. The van der Waals surface area contributed by atoms with Crippen LogP contribution in [0.25, 0.3) is 0 Å². The molecule has 0 atom stereocenters. The molecule has 0 heterocycles. The van der Waals surface area contributed by atoms with Gasteiger partial charge in [-0.2, -0.15) is 0 Å². The lowest BCUT2D eigenvalue weighted by atomic mass is 10.2. The summed E-state index contributed by atoms with van der Waals surface area (Å²) in [6.07, 6.45) is 0. The van der Waals surface area contributed by atoms with Crippen molar-refractivity contribution in [3.05, 3.63) is 46.7 Å². The number of hydrogen-bond acceptors (Lipinski definition) is 3. The Morgan fingerprint density at radius 2 is 1.93 bits per heavy atom. The van der Waals surface area contributed by atoms with E-state index in [-0.39, 0.29) is 5.69 Å². The van der Waals surface area contributed by atoms with E-state index >= 15 is 0 Å². The Labute approximate surface area is 82.6 Å². The average Bonchev–Trinajstić information content (AvgIpc) is 2.16. The van der Waals surface area contributed by atoms with Gasteiger partial charge in [0.1, 0.15) is 0 Å². The number of allylic oxidation sites excluding steroid dienone is 1. The smallest absolute Gasteiger partial charge is 0.269 e. The molecule has 0 saturated carbocycles. The van der Waals surface area contributed by atoms with Gasteiger partial charge in [-0.1, -0.05) is 6.58 Å². The SMILES string of the molecule is C=C(C)N(C)c1ccc([N+](=O)[O-])cc1. The van der Waals surface area contributed by atoms with E-state index in [1.54, 1.807) is 12.1 Å². The monoisotopic (exact) mass is 192 g/mol. The normalized spacial score (nSPS) is 9.57. The highest BCUT2D eigenvalue weighted by Crippen LogP contribution is 2.20. The highest BCUT2D eigenvalue weighted by molar-refractivity contribution is 5.53. The number of anilines is 1. The van der Waals surface area contributed by atoms with E-state index in [4.69, 9.17) is 0 Å². The first kappa shape index (κ1) is 10.2. The van der Waals surface area contributed by atoms with Gasteiger partial charge in [-0.05, 0) is 19.1 Å². The van der Waals surface area contributed by atoms with Crippen LogP contribution < -0.4 is 4.90 Å². The van der Waals surface area contributed by atoms with Crippen molar-refractivity contribution in [3.63, 3.8) is 0 Å². The van der Waals surface area contributed by atoms with E-state index in [0.29, 0.717) is 0 Å². The van der Waals surface area contributed by atoms with Crippen LogP contribution in [0.1, 0.15) is 6.92 Å². The molecule has 1 rings (SSSR count). The van der Waals surface area contributed by atoms with Crippen LogP contribution in [0.5, 0.6) is 0 Å². The molecule has 0 aliphatic heterocycles. The van der Waals surface area contributed by atoms with E-state index in [2.05, 4.69) is 6.58 Å². The summed E-state index contributed by atoms with van der Waals surface area (Å²) in [6, 6.07) is 6.36. The van der Waals surface area contributed by atoms with Gasteiger partial charge in [-0.25, -0.2) is 0 Å². The molecule has 0 unspecified atom stereocenters. The topological polar surface area (TPSA) is 46.4 Å². The van der Waals surface area contributed by atoms with Crippen LogP contribution in [0, 0.1) is 10.1 Å².